The molecule has 1 fully saturated rings. The maximum absolute atomic E-state index is 13.2. The van der Waals surface area contributed by atoms with Gasteiger partial charge in [0.05, 0.1) is 13.2 Å². The third kappa shape index (κ3) is 3.43. The Labute approximate surface area is 156 Å². The summed E-state index contributed by atoms with van der Waals surface area (Å²) < 4.78 is 23.7. The van der Waals surface area contributed by atoms with Crippen LogP contribution in [0.3, 0.4) is 0 Å². The van der Waals surface area contributed by atoms with Gasteiger partial charge >= 0.3 is 0 Å². The highest BCUT2D eigenvalue weighted by Crippen LogP contribution is 2.33. The van der Waals surface area contributed by atoms with E-state index in [4.69, 9.17) is 9.26 Å². The smallest absolute Gasteiger partial charge is 0.276 e. The summed E-state index contributed by atoms with van der Waals surface area (Å²) in [4.78, 5) is 14.7. The molecule has 0 bridgehead atoms. The first-order valence-electron chi connectivity index (χ1n) is 8.83. The Kier molecular flexibility index (Phi) is 4.62. The molecule has 138 valence electrons. The molecule has 0 spiro atoms. The molecule has 4 rings (SSSR count). The van der Waals surface area contributed by atoms with E-state index in [-0.39, 0.29) is 23.5 Å². The van der Waals surface area contributed by atoms with Crippen LogP contribution in [0.2, 0.25) is 0 Å². The van der Waals surface area contributed by atoms with Crippen LogP contribution in [0.4, 0.5) is 4.39 Å². The van der Waals surface area contributed by atoms with Gasteiger partial charge in [0.1, 0.15) is 11.6 Å². The predicted molar refractivity (Wildman–Crippen MR) is 97.9 cm³/mol. The first-order chi connectivity index (χ1) is 13.2. The first kappa shape index (κ1) is 17.3. The normalized spacial score (nSPS) is 16.5. The lowest BCUT2D eigenvalue weighted by Crippen LogP contribution is -2.30. The molecule has 2 heterocycles. The zero-order valence-electron chi connectivity index (χ0n) is 14.9. The van der Waals surface area contributed by atoms with E-state index in [0.29, 0.717) is 12.3 Å². The highest BCUT2D eigenvalue weighted by atomic mass is 19.1. The fourth-order valence-electron chi connectivity index (χ4n) is 3.46. The van der Waals surface area contributed by atoms with Crippen molar-refractivity contribution >= 4 is 5.91 Å². The summed E-state index contributed by atoms with van der Waals surface area (Å²) in [5.41, 5.74) is 2.02. The number of aromatic nitrogens is 1. The molecule has 1 aromatic heterocycles. The number of methoxy groups -OCH3 is 1. The Bertz CT molecular complexity index is 935. The van der Waals surface area contributed by atoms with E-state index in [1.54, 1.807) is 30.2 Å². The lowest BCUT2D eigenvalue weighted by atomic mass is 10.0. The van der Waals surface area contributed by atoms with Crippen LogP contribution in [0.15, 0.2) is 59.1 Å². The number of benzene rings is 2. The van der Waals surface area contributed by atoms with Crippen molar-refractivity contribution in [1.82, 2.24) is 10.1 Å². The second kappa shape index (κ2) is 7.23. The van der Waals surface area contributed by atoms with Crippen LogP contribution in [-0.2, 0) is 0 Å². The molecule has 1 aliphatic rings. The number of likely N-dealkylation sites (tertiary alicyclic amines) is 1. The van der Waals surface area contributed by atoms with E-state index in [1.807, 2.05) is 24.3 Å². The molecule has 1 amide bonds. The van der Waals surface area contributed by atoms with Gasteiger partial charge < -0.3 is 14.2 Å². The average molecular weight is 366 g/mol. The lowest BCUT2D eigenvalue weighted by Gasteiger charge is -2.24. The van der Waals surface area contributed by atoms with Crippen LogP contribution in [-0.4, -0.2) is 29.6 Å². The molecule has 3 aromatic rings. The summed E-state index contributed by atoms with van der Waals surface area (Å²) >= 11 is 0. The number of carbonyl (C=O) groups excluding carboxylic acids is 1. The van der Waals surface area contributed by atoms with Gasteiger partial charge in [-0.25, -0.2) is 4.39 Å². The topological polar surface area (TPSA) is 55.6 Å². The van der Waals surface area contributed by atoms with Crippen molar-refractivity contribution < 1.29 is 18.4 Å². The SMILES string of the molecule is COc1ccc(-c2cc(C(=O)N3CCC[C@@H]3c3ccc(F)cc3)no2)cc1. The van der Waals surface area contributed by atoms with Gasteiger partial charge in [-0.3, -0.25) is 4.79 Å². The molecular formula is C21H19FN2O3. The average Bonchev–Trinajstić information content (AvgIpc) is 3.38. The largest absolute Gasteiger partial charge is 0.497 e. The molecule has 1 atom stereocenters. The Morgan fingerprint density at radius 2 is 1.93 bits per heavy atom. The maximum Gasteiger partial charge on any atom is 0.276 e. The first-order valence-corrected chi connectivity index (χ1v) is 8.83. The zero-order valence-corrected chi connectivity index (χ0v) is 14.9. The highest BCUT2D eigenvalue weighted by Gasteiger charge is 2.32. The summed E-state index contributed by atoms with van der Waals surface area (Å²) in [7, 11) is 1.60. The van der Waals surface area contributed by atoms with Crippen molar-refractivity contribution in [2.24, 2.45) is 0 Å². The molecule has 0 radical (unpaired) electrons. The summed E-state index contributed by atoms with van der Waals surface area (Å²) in [6.45, 7) is 0.644. The van der Waals surface area contributed by atoms with Crippen LogP contribution >= 0.6 is 0 Å². The van der Waals surface area contributed by atoms with Gasteiger partial charge in [-0.05, 0) is 54.8 Å². The Morgan fingerprint density at radius 3 is 2.63 bits per heavy atom. The minimum atomic E-state index is -0.282. The lowest BCUT2D eigenvalue weighted by molar-refractivity contribution is 0.0725. The highest BCUT2D eigenvalue weighted by molar-refractivity contribution is 5.93. The number of halogens is 1. The number of nitrogens with zero attached hydrogens (tertiary/aromatic N) is 2. The molecule has 6 heteroatoms. The third-order valence-corrected chi connectivity index (χ3v) is 4.87. The number of carbonyl (C=O) groups is 1. The summed E-state index contributed by atoms with van der Waals surface area (Å²) in [5.74, 6) is 0.813. The molecule has 0 N–H and O–H groups in total. The van der Waals surface area contributed by atoms with E-state index >= 15 is 0 Å². The zero-order chi connectivity index (χ0) is 18.8. The van der Waals surface area contributed by atoms with E-state index in [1.165, 1.54) is 12.1 Å². The Hall–Kier alpha value is -3.15. The second-order valence-corrected chi connectivity index (χ2v) is 6.51. The fourth-order valence-corrected chi connectivity index (χ4v) is 3.46. The monoisotopic (exact) mass is 366 g/mol. The number of hydrogen-bond donors (Lipinski definition) is 0. The van der Waals surface area contributed by atoms with E-state index in [2.05, 4.69) is 5.16 Å². The van der Waals surface area contributed by atoms with E-state index in [0.717, 1.165) is 29.7 Å². The molecule has 0 aliphatic carbocycles. The van der Waals surface area contributed by atoms with Crippen molar-refractivity contribution in [3.63, 3.8) is 0 Å². The molecule has 27 heavy (non-hydrogen) atoms. The molecule has 0 saturated carbocycles. The third-order valence-electron chi connectivity index (χ3n) is 4.87. The van der Waals surface area contributed by atoms with Crippen molar-refractivity contribution in [2.45, 2.75) is 18.9 Å². The van der Waals surface area contributed by atoms with Gasteiger partial charge in [0.2, 0.25) is 0 Å². The van der Waals surface area contributed by atoms with Crippen molar-refractivity contribution in [2.75, 3.05) is 13.7 Å². The molecule has 1 saturated heterocycles. The molecule has 1 aliphatic heterocycles. The Balaban J connectivity index is 1.55. The molecule has 5 nitrogen and oxygen atoms in total. The predicted octanol–water partition coefficient (Wildman–Crippen LogP) is 4.47. The van der Waals surface area contributed by atoms with Crippen LogP contribution in [0.25, 0.3) is 11.3 Å². The van der Waals surface area contributed by atoms with Crippen molar-refractivity contribution in [3.8, 4) is 17.1 Å². The van der Waals surface area contributed by atoms with Crippen molar-refractivity contribution in [3.05, 3.63) is 71.7 Å². The minimum absolute atomic E-state index is 0.0702. The summed E-state index contributed by atoms with van der Waals surface area (Å²) in [6, 6.07) is 15.3. The molecular weight excluding hydrogens is 347 g/mol. The van der Waals surface area contributed by atoms with E-state index < -0.39 is 0 Å². The van der Waals surface area contributed by atoms with Gasteiger partial charge in [0.25, 0.3) is 5.91 Å². The number of hydrogen-bond acceptors (Lipinski definition) is 4. The van der Waals surface area contributed by atoms with Crippen molar-refractivity contribution in [1.29, 1.82) is 0 Å². The minimum Gasteiger partial charge on any atom is -0.497 e. The second-order valence-electron chi connectivity index (χ2n) is 6.51. The van der Waals surface area contributed by atoms with Crippen LogP contribution in [0, 0.1) is 5.82 Å². The van der Waals surface area contributed by atoms with Gasteiger partial charge in [-0.2, -0.15) is 0 Å². The van der Waals surface area contributed by atoms with Gasteiger partial charge in [-0.1, -0.05) is 17.3 Å². The summed E-state index contributed by atoms with van der Waals surface area (Å²) in [6.07, 6.45) is 1.75. The van der Waals surface area contributed by atoms with E-state index in [9.17, 15) is 9.18 Å². The summed E-state index contributed by atoms with van der Waals surface area (Å²) in [5, 5.41) is 3.96. The number of amides is 1. The van der Waals surface area contributed by atoms with Gasteiger partial charge in [-0.15, -0.1) is 0 Å². The molecule has 2 aromatic carbocycles. The molecule has 0 unspecified atom stereocenters. The maximum atomic E-state index is 13.2. The van der Waals surface area contributed by atoms with Gasteiger partial charge in [0, 0.05) is 18.2 Å². The standard InChI is InChI=1S/C21H19FN2O3/c1-26-17-10-6-15(7-11-17)20-13-18(23-27-20)21(25)24-12-2-3-19(24)14-4-8-16(22)9-5-14/h4-11,13,19H,2-3,12H2,1H3/t19-/m1/s1. The number of rotatable bonds is 4. The Morgan fingerprint density at radius 1 is 1.19 bits per heavy atom. The quantitative estimate of drug-likeness (QED) is 0.684. The van der Waals surface area contributed by atoms with Crippen LogP contribution in [0.1, 0.15) is 34.9 Å². The fraction of sp³-hybridized carbons (Fsp3) is 0.238. The van der Waals surface area contributed by atoms with Gasteiger partial charge in [0.15, 0.2) is 11.5 Å². The number of ether oxygens (including phenoxy) is 1. The van der Waals surface area contributed by atoms with Crippen LogP contribution in [0.5, 0.6) is 5.75 Å². The van der Waals surface area contributed by atoms with Crippen LogP contribution < -0.4 is 4.74 Å².